The van der Waals surface area contributed by atoms with E-state index >= 15 is 0 Å². The summed E-state index contributed by atoms with van der Waals surface area (Å²) in [7, 11) is 0. The Morgan fingerprint density at radius 1 is 0.912 bits per heavy atom. The summed E-state index contributed by atoms with van der Waals surface area (Å²) in [6.07, 6.45) is -0.745. The average Bonchev–Trinajstić information content (AvgIpc) is 3.11. The van der Waals surface area contributed by atoms with E-state index in [1.807, 2.05) is 48.5 Å². The number of amides is 3. The smallest absolute Gasteiger partial charge is 0.407 e. The van der Waals surface area contributed by atoms with Gasteiger partial charge >= 0.3 is 12.1 Å². The van der Waals surface area contributed by atoms with Crippen molar-refractivity contribution in [2.24, 2.45) is 0 Å². The van der Waals surface area contributed by atoms with Gasteiger partial charge in [-0.15, -0.1) is 0 Å². The van der Waals surface area contributed by atoms with E-state index in [0.29, 0.717) is 0 Å². The first-order valence-corrected chi connectivity index (χ1v) is 11.0. The van der Waals surface area contributed by atoms with Crippen LogP contribution in [0, 0.1) is 0 Å². The molecule has 2 aromatic carbocycles. The standard InChI is InChI=1S/C25H29N3O6/c1-25(2,3)28(14-23(31)32)22(30)13-26-21(29)12-27-24(33)34-15-20-18-10-6-4-8-16(18)17-9-5-7-11-19(17)20/h4-11,20H,12-15H2,1-3H3,(H,26,29)(H,27,33)(H,31,32). The van der Waals surface area contributed by atoms with Crippen LogP contribution in [-0.4, -0.2) is 65.7 Å². The highest BCUT2D eigenvalue weighted by molar-refractivity contribution is 5.89. The van der Waals surface area contributed by atoms with Crippen molar-refractivity contribution in [3.8, 4) is 11.1 Å². The molecular weight excluding hydrogens is 438 g/mol. The lowest BCUT2D eigenvalue weighted by molar-refractivity contribution is -0.148. The molecule has 0 heterocycles. The zero-order chi connectivity index (χ0) is 24.9. The fourth-order valence-electron chi connectivity index (χ4n) is 3.97. The molecule has 180 valence electrons. The number of benzene rings is 2. The van der Waals surface area contributed by atoms with E-state index in [2.05, 4.69) is 10.6 Å². The van der Waals surface area contributed by atoms with Crippen LogP contribution >= 0.6 is 0 Å². The highest BCUT2D eigenvalue weighted by Gasteiger charge is 2.30. The van der Waals surface area contributed by atoms with Gasteiger partial charge in [-0.3, -0.25) is 14.4 Å². The second-order valence-electron chi connectivity index (χ2n) is 9.00. The number of carboxylic acid groups (broad SMARTS) is 1. The molecule has 0 atom stereocenters. The van der Waals surface area contributed by atoms with Gasteiger partial charge in [0, 0.05) is 11.5 Å². The number of nitrogens with one attached hydrogen (secondary N) is 2. The Hall–Kier alpha value is -3.88. The predicted molar refractivity (Wildman–Crippen MR) is 125 cm³/mol. The molecule has 0 aromatic heterocycles. The summed E-state index contributed by atoms with van der Waals surface area (Å²) in [6, 6.07) is 15.9. The van der Waals surface area contributed by atoms with Crippen molar-refractivity contribution in [1.82, 2.24) is 15.5 Å². The molecule has 3 amide bonds. The minimum Gasteiger partial charge on any atom is -0.480 e. The number of carboxylic acids is 1. The second kappa shape index (κ2) is 10.4. The number of ether oxygens (including phenoxy) is 1. The number of fused-ring (bicyclic) bond motifs is 3. The van der Waals surface area contributed by atoms with E-state index < -0.39 is 36.0 Å². The number of hydrogen-bond acceptors (Lipinski definition) is 5. The van der Waals surface area contributed by atoms with Crippen LogP contribution in [0.3, 0.4) is 0 Å². The van der Waals surface area contributed by atoms with E-state index in [9.17, 15) is 19.2 Å². The summed E-state index contributed by atoms with van der Waals surface area (Å²) in [5.41, 5.74) is 3.67. The van der Waals surface area contributed by atoms with Gasteiger partial charge in [0.1, 0.15) is 19.7 Å². The fourth-order valence-corrected chi connectivity index (χ4v) is 3.97. The van der Waals surface area contributed by atoms with Gasteiger partial charge in [-0.2, -0.15) is 0 Å². The number of hydrogen-bond donors (Lipinski definition) is 3. The van der Waals surface area contributed by atoms with Crippen LogP contribution in [0.1, 0.15) is 37.8 Å². The Bertz CT molecular complexity index is 1050. The molecule has 9 heteroatoms. The maximum absolute atomic E-state index is 12.4. The summed E-state index contributed by atoms with van der Waals surface area (Å²) in [6.45, 7) is 4.00. The normalized spacial score (nSPS) is 12.3. The van der Waals surface area contributed by atoms with Crippen molar-refractivity contribution in [3.63, 3.8) is 0 Å². The van der Waals surface area contributed by atoms with E-state index in [0.717, 1.165) is 27.2 Å². The molecule has 1 aliphatic rings. The van der Waals surface area contributed by atoms with Crippen LogP contribution < -0.4 is 10.6 Å². The van der Waals surface area contributed by atoms with E-state index in [1.54, 1.807) is 20.8 Å². The first-order chi connectivity index (χ1) is 16.1. The van der Waals surface area contributed by atoms with Crippen molar-refractivity contribution in [2.45, 2.75) is 32.2 Å². The number of rotatable bonds is 8. The molecule has 0 radical (unpaired) electrons. The first kappa shape index (κ1) is 24.8. The molecule has 34 heavy (non-hydrogen) atoms. The van der Waals surface area contributed by atoms with Crippen molar-refractivity contribution in [3.05, 3.63) is 59.7 Å². The highest BCUT2D eigenvalue weighted by atomic mass is 16.5. The summed E-state index contributed by atoms with van der Waals surface area (Å²) in [5, 5.41) is 13.8. The summed E-state index contributed by atoms with van der Waals surface area (Å²) >= 11 is 0. The maximum Gasteiger partial charge on any atom is 0.407 e. The minimum absolute atomic E-state index is 0.0952. The van der Waals surface area contributed by atoms with Gasteiger partial charge in [-0.1, -0.05) is 48.5 Å². The quantitative estimate of drug-likeness (QED) is 0.547. The molecule has 3 N–H and O–H groups in total. The van der Waals surface area contributed by atoms with Gasteiger partial charge in [0.15, 0.2) is 0 Å². The average molecular weight is 468 g/mol. The van der Waals surface area contributed by atoms with Crippen molar-refractivity contribution < 1.29 is 29.0 Å². The third-order valence-corrected chi connectivity index (χ3v) is 5.58. The molecule has 0 saturated carbocycles. The van der Waals surface area contributed by atoms with Crippen molar-refractivity contribution in [1.29, 1.82) is 0 Å². The lowest BCUT2D eigenvalue weighted by atomic mass is 9.98. The number of carbonyl (C=O) groups is 4. The van der Waals surface area contributed by atoms with Gasteiger partial charge in [-0.05, 0) is 43.0 Å². The third kappa shape index (κ3) is 5.92. The maximum atomic E-state index is 12.4. The largest absolute Gasteiger partial charge is 0.480 e. The summed E-state index contributed by atoms with van der Waals surface area (Å²) in [5.74, 6) is -2.37. The number of aliphatic carboxylic acids is 1. The third-order valence-electron chi connectivity index (χ3n) is 5.58. The Kier molecular flexibility index (Phi) is 7.55. The second-order valence-corrected chi connectivity index (χ2v) is 9.00. The van der Waals surface area contributed by atoms with Crippen LogP contribution in [0.5, 0.6) is 0 Å². The van der Waals surface area contributed by atoms with Gasteiger partial charge < -0.3 is 25.4 Å². The van der Waals surface area contributed by atoms with Crippen LogP contribution in [0.25, 0.3) is 11.1 Å². The zero-order valence-electron chi connectivity index (χ0n) is 19.5. The lowest BCUT2D eigenvalue weighted by Gasteiger charge is -2.34. The van der Waals surface area contributed by atoms with Gasteiger partial charge in [0.05, 0.1) is 6.54 Å². The Labute approximate surface area is 198 Å². The van der Waals surface area contributed by atoms with Crippen LogP contribution in [0.2, 0.25) is 0 Å². The molecule has 3 rings (SSSR count). The summed E-state index contributed by atoms with van der Waals surface area (Å²) in [4.78, 5) is 48.8. The number of carbonyl (C=O) groups excluding carboxylic acids is 3. The van der Waals surface area contributed by atoms with Gasteiger partial charge in [-0.25, -0.2) is 4.79 Å². The van der Waals surface area contributed by atoms with Crippen molar-refractivity contribution >= 4 is 23.9 Å². The molecule has 0 saturated heterocycles. The fraction of sp³-hybridized carbons (Fsp3) is 0.360. The molecule has 9 nitrogen and oxygen atoms in total. The minimum atomic E-state index is -1.15. The number of alkyl carbamates (subject to hydrolysis) is 1. The topological polar surface area (TPSA) is 125 Å². The molecule has 0 unspecified atom stereocenters. The Morgan fingerprint density at radius 2 is 1.47 bits per heavy atom. The lowest BCUT2D eigenvalue weighted by Crippen LogP contribution is -2.52. The van der Waals surface area contributed by atoms with Crippen LogP contribution in [0.4, 0.5) is 4.79 Å². The van der Waals surface area contributed by atoms with E-state index in [4.69, 9.17) is 9.84 Å². The molecule has 2 aromatic rings. The zero-order valence-corrected chi connectivity index (χ0v) is 19.5. The molecular formula is C25H29N3O6. The predicted octanol–water partition coefficient (Wildman–Crippen LogP) is 2.35. The Morgan fingerprint density at radius 3 is 2.00 bits per heavy atom. The van der Waals surface area contributed by atoms with Gasteiger partial charge in [0.2, 0.25) is 11.8 Å². The number of nitrogens with zero attached hydrogens (tertiary/aromatic N) is 1. The SMILES string of the molecule is CC(C)(C)N(CC(=O)O)C(=O)CNC(=O)CNC(=O)OCC1c2ccccc2-c2ccccc21. The van der Waals surface area contributed by atoms with E-state index in [-0.39, 0.29) is 25.6 Å². The summed E-state index contributed by atoms with van der Waals surface area (Å²) < 4.78 is 5.37. The molecule has 0 aliphatic heterocycles. The monoisotopic (exact) mass is 467 g/mol. The molecule has 0 fully saturated rings. The van der Waals surface area contributed by atoms with Crippen molar-refractivity contribution in [2.75, 3.05) is 26.2 Å². The Balaban J connectivity index is 1.47. The highest BCUT2D eigenvalue weighted by Crippen LogP contribution is 2.44. The van der Waals surface area contributed by atoms with Crippen LogP contribution in [0.15, 0.2) is 48.5 Å². The first-order valence-electron chi connectivity index (χ1n) is 11.0. The van der Waals surface area contributed by atoms with Gasteiger partial charge in [0.25, 0.3) is 0 Å². The molecule has 1 aliphatic carbocycles. The van der Waals surface area contributed by atoms with Crippen LogP contribution in [-0.2, 0) is 19.1 Å². The molecule has 0 spiro atoms. The van der Waals surface area contributed by atoms with E-state index in [1.165, 1.54) is 0 Å². The molecule has 0 bridgehead atoms.